The minimum Gasteiger partial charge on any atom is -0.384 e. The summed E-state index contributed by atoms with van der Waals surface area (Å²) in [7, 11) is 0. The molecule has 0 spiro atoms. The van der Waals surface area contributed by atoms with Crippen molar-refractivity contribution in [3.05, 3.63) is 70.9 Å². The molecule has 0 fully saturated rings. The van der Waals surface area contributed by atoms with Gasteiger partial charge in [0.05, 0.1) is 5.52 Å². The topological polar surface area (TPSA) is 72.9 Å². The summed E-state index contributed by atoms with van der Waals surface area (Å²) in [5.74, 6) is 0.472. The zero-order valence-corrected chi connectivity index (χ0v) is 17.2. The highest BCUT2D eigenvalue weighted by atomic mass is 16.1. The number of nitrogen functional groups attached to an aromatic ring is 1. The number of hydrogen-bond acceptors (Lipinski definition) is 3. The van der Waals surface area contributed by atoms with E-state index >= 15 is 0 Å². The predicted molar refractivity (Wildman–Crippen MR) is 122 cm³/mol. The van der Waals surface area contributed by atoms with E-state index < -0.39 is 0 Å². The second-order valence-electron chi connectivity index (χ2n) is 8.05. The van der Waals surface area contributed by atoms with Gasteiger partial charge < -0.3 is 15.6 Å². The summed E-state index contributed by atoms with van der Waals surface area (Å²) in [5, 5.41) is 5.33. The van der Waals surface area contributed by atoms with Gasteiger partial charge in [-0.3, -0.25) is 4.79 Å². The summed E-state index contributed by atoms with van der Waals surface area (Å²) in [4.78, 5) is 17.2. The van der Waals surface area contributed by atoms with Gasteiger partial charge in [0.25, 0.3) is 5.91 Å². The summed E-state index contributed by atoms with van der Waals surface area (Å²) in [6.07, 6.45) is 4.74. The van der Waals surface area contributed by atoms with Gasteiger partial charge in [0.2, 0.25) is 0 Å². The van der Waals surface area contributed by atoms with E-state index in [4.69, 9.17) is 5.73 Å². The number of rotatable bonds is 4. The maximum Gasteiger partial charge on any atom is 0.251 e. The molecule has 0 saturated heterocycles. The number of aromatic nitrogens is 2. The number of nitrogens with two attached hydrogens (primary N) is 1. The lowest BCUT2D eigenvalue weighted by molar-refractivity contribution is 0.0951. The zero-order chi connectivity index (χ0) is 20.7. The number of aryl methyl sites for hydroxylation is 2. The molecule has 152 valence electrons. The normalized spacial score (nSPS) is 13.5. The number of amides is 1. The number of carbonyl (C=O) groups excluding carboxylic acids is 1. The van der Waals surface area contributed by atoms with Gasteiger partial charge >= 0.3 is 0 Å². The molecule has 3 N–H and O–H groups in total. The number of fused-ring (bicyclic) bond motifs is 4. The van der Waals surface area contributed by atoms with Crippen molar-refractivity contribution in [1.29, 1.82) is 0 Å². The number of hydrogen-bond donors (Lipinski definition) is 2. The maximum atomic E-state index is 12.9. The van der Waals surface area contributed by atoms with Gasteiger partial charge in [-0.2, -0.15) is 0 Å². The van der Waals surface area contributed by atoms with Gasteiger partial charge in [-0.1, -0.05) is 6.07 Å². The van der Waals surface area contributed by atoms with E-state index in [0.717, 1.165) is 41.4 Å². The van der Waals surface area contributed by atoms with Crippen LogP contribution in [-0.2, 0) is 25.9 Å². The van der Waals surface area contributed by atoms with Crippen LogP contribution in [0.2, 0.25) is 0 Å². The Morgan fingerprint density at radius 3 is 2.83 bits per heavy atom. The lowest BCUT2D eigenvalue weighted by Crippen LogP contribution is -2.22. The molecule has 30 heavy (non-hydrogen) atoms. The Balaban J connectivity index is 1.39. The van der Waals surface area contributed by atoms with Crippen LogP contribution in [0.1, 0.15) is 46.9 Å². The lowest BCUT2D eigenvalue weighted by Gasteiger charge is -2.14. The van der Waals surface area contributed by atoms with Gasteiger partial charge in [0.1, 0.15) is 5.82 Å². The second-order valence-corrected chi connectivity index (χ2v) is 8.05. The number of pyridine rings is 1. The Morgan fingerprint density at radius 1 is 1.10 bits per heavy atom. The molecule has 2 heterocycles. The summed E-state index contributed by atoms with van der Waals surface area (Å²) in [6, 6.07) is 15.9. The van der Waals surface area contributed by atoms with E-state index in [-0.39, 0.29) is 5.91 Å². The van der Waals surface area contributed by atoms with Crippen molar-refractivity contribution in [3.8, 4) is 0 Å². The Bertz CT molecular complexity index is 1270. The van der Waals surface area contributed by atoms with Crippen molar-refractivity contribution in [2.75, 3.05) is 5.73 Å². The summed E-state index contributed by atoms with van der Waals surface area (Å²) < 4.78 is 2.42. The van der Waals surface area contributed by atoms with Crippen LogP contribution in [-0.4, -0.2) is 15.5 Å². The number of nitrogens with zero attached hydrogens (tertiary/aromatic N) is 2. The predicted octanol–water partition coefficient (Wildman–Crippen LogP) is 4.60. The van der Waals surface area contributed by atoms with Crippen molar-refractivity contribution in [3.63, 3.8) is 0 Å². The van der Waals surface area contributed by atoms with Gasteiger partial charge in [-0.05, 0) is 86.2 Å². The molecule has 0 radical (unpaired) electrons. The Kier molecular flexibility index (Phi) is 4.66. The third-order valence-electron chi connectivity index (χ3n) is 6.18. The molecule has 0 aliphatic heterocycles. The molecule has 0 atom stereocenters. The van der Waals surface area contributed by atoms with Crippen molar-refractivity contribution < 1.29 is 4.79 Å². The van der Waals surface area contributed by atoms with Gasteiger partial charge in [-0.15, -0.1) is 0 Å². The molecule has 2 aromatic carbocycles. The number of nitrogens with one attached hydrogen (secondary N) is 1. The quantitative estimate of drug-likeness (QED) is 0.528. The second kappa shape index (κ2) is 7.48. The average molecular weight is 399 g/mol. The first-order chi connectivity index (χ1) is 14.6. The molecule has 1 aliphatic rings. The van der Waals surface area contributed by atoms with E-state index in [1.807, 2.05) is 30.3 Å². The lowest BCUT2D eigenvalue weighted by atomic mass is 9.95. The van der Waals surface area contributed by atoms with Crippen LogP contribution >= 0.6 is 0 Å². The Hall–Kier alpha value is -3.34. The number of benzene rings is 2. The molecule has 1 amide bonds. The molecule has 1 aliphatic carbocycles. The van der Waals surface area contributed by atoms with Crippen LogP contribution in [0.5, 0.6) is 0 Å². The summed E-state index contributed by atoms with van der Waals surface area (Å²) in [6.45, 7) is 3.65. The standard InChI is InChI=1S/C25H26N4O/c1-2-29-22-6-4-3-5-19(22)20-14-18(8-11-23(20)29)25(30)27-15-16-7-10-21-17(13-16)9-12-24(26)28-21/h7-14H,2-6,15H2,1H3,(H2,26,28)(H,27,30). The monoisotopic (exact) mass is 398 g/mol. The van der Waals surface area contributed by atoms with Crippen LogP contribution in [0, 0.1) is 0 Å². The third kappa shape index (κ3) is 3.20. The first-order valence-corrected chi connectivity index (χ1v) is 10.7. The van der Waals surface area contributed by atoms with Gasteiger partial charge in [0, 0.05) is 40.6 Å². The van der Waals surface area contributed by atoms with Crippen molar-refractivity contribution in [2.45, 2.75) is 45.7 Å². The molecule has 0 saturated carbocycles. The molecule has 4 aromatic rings. The Morgan fingerprint density at radius 2 is 1.97 bits per heavy atom. The van der Waals surface area contributed by atoms with E-state index in [2.05, 4.69) is 33.9 Å². The highest BCUT2D eigenvalue weighted by molar-refractivity contribution is 5.99. The van der Waals surface area contributed by atoms with Crippen LogP contribution in [0.4, 0.5) is 5.82 Å². The molecular formula is C25H26N4O. The van der Waals surface area contributed by atoms with Gasteiger partial charge in [0.15, 0.2) is 0 Å². The average Bonchev–Trinajstić information content (AvgIpc) is 3.10. The fraction of sp³-hybridized carbons (Fsp3) is 0.280. The fourth-order valence-electron chi connectivity index (χ4n) is 4.72. The molecule has 0 unspecified atom stereocenters. The zero-order valence-electron chi connectivity index (χ0n) is 17.2. The highest BCUT2D eigenvalue weighted by Crippen LogP contribution is 2.32. The smallest absolute Gasteiger partial charge is 0.251 e. The number of carbonyl (C=O) groups is 1. The first-order valence-electron chi connectivity index (χ1n) is 10.7. The SMILES string of the molecule is CCn1c2c(c3cc(C(=O)NCc4ccc5nc(N)ccc5c4)ccc31)CCCC2. The molecule has 5 rings (SSSR count). The minimum atomic E-state index is -0.0405. The van der Waals surface area contributed by atoms with Gasteiger partial charge in [-0.25, -0.2) is 4.98 Å². The van der Waals surface area contributed by atoms with Crippen LogP contribution < -0.4 is 11.1 Å². The maximum absolute atomic E-state index is 12.9. The van der Waals surface area contributed by atoms with E-state index in [0.29, 0.717) is 12.4 Å². The minimum absolute atomic E-state index is 0.0405. The molecule has 5 nitrogen and oxygen atoms in total. The first kappa shape index (κ1) is 18.7. The van der Waals surface area contributed by atoms with Crippen LogP contribution in [0.3, 0.4) is 0 Å². The molecule has 2 aromatic heterocycles. The fourth-order valence-corrected chi connectivity index (χ4v) is 4.72. The van der Waals surface area contributed by atoms with E-state index in [1.165, 1.54) is 35.0 Å². The van der Waals surface area contributed by atoms with Crippen LogP contribution in [0.15, 0.2) is 48.5 Å². The Labute approximate surface area is 175 Å². The molecular weight excluding hydrogens is 372 g/mol. The molecule has 0 bridgehead atoms. The third-order valence-corrected chi connectivity index (χ3v) is 6.18. The summed E-state index contributed by atoms with van der Waals surface area (Å²) >= 11 is 0. The van der Waals surface area contributed by atoms with Crippen molar-refractivity contribution in [2.24, 2.45) is 0 Å². The number of anilines is 1. The van der Waals surface area contributed by atoms with Crippen LogP contribution in [0.25, 0.3) is 21.8 Å². The highest BCUT2D eigenvalue weighted by Gasteiger charge is 2.20. The summed E-state index contributed by atoms with van der Waals surface area (Å²) in [5.41, 5.74) is 12.5. The largest absolute Gasteiger partial charge is 0.384 e. The van der Waals surface area contributed by atoms with E-state index in [9.17, 15) is 4.79 Å². The molecule has 5 heteroatoms. The van der Waals surface area contributed by atoms with Crippen molar-refractivity contribution >= 4 is 33.5 Å². The van der Waals surface area contributed by atoms with E-state index in [1.54, 1.807) is 6.07 Å². The van der Waals surface area contributed by atoms with Crippen molar-refractivity contribution in [1.82, 2.24) is 14.9 Å².